The number of halogens is 1. The van der Waals surface area contributed by atoms with Gasteiger partial charge in [-0.05, 0) is 24.1 Å². The second kappa shape index (κ2) is 6.51. The Morgan fingerprint density at radius 1 is 1.44 bits per heavy atom. The summed E-state index contributed by atoms with van der Waals surface area (Å²) in [6.45, 7) is 1.90. The van der Waals surface area contributed by atoms with Crippen molar-refractivity contribution >= 4 is 17.5 Å². The van der Waals surface area contributed by atoms with Crippen LogP contribution in [0.5, 0.6) is 0 Å². The molecule has 0 aliphatic carbocycles. The van der Waals surface area contributed by atoms with Gasteiger partial charge in [-0.25, -0.2) is 0 Å². The Morgan fingerprint density at radius 2 is 2.06 bits per heavy atom. The fourth-order valence-corrected chi connectivity index (χ4v) is 1.47. The van der Waals surface area contributed by atoms with Gasteiger partial charge in [-0.1, -0.05) is 30.7 Å². The van der Waals surface area contributed by atoms with Gasteiger partial charge in [-0.15, -0.1) is 0 Å². The van der Waals surface area contributed by atoms with Gasteiger partial charge >= 0.3 is 0 Å². The molecule has 1 aromatic carbocycles. The molecule has 0 aromatic heterocycles. The molecular formula is C12H16ClNO2. The Balaban J connectivity index is 2.48. The average molecular weight is 242 g/mol. The third-order valence-corrected chi connectivity index (χ3v) is 2.61. The van der Waals surface area contributed by atoms with E-state index in [0.717, 1.165) is 12.0 Å². The quantitative estimate of drug-likeness (QED) is 0.826. The van der Waals surface area contributed by atoms with Crippen LogP contribution in [-0.2, 0) is 11.2 Å². The summed E-state index contributed by atoms with van der Waals surface area (Å²) in [6.07, 6.45) is 1.04. The van der Waals surface area contributed by atoms with Crippen LogP contribution in [0.3, 0.4) is 0 Å². The van der Waals surface area contributed by atoms with Crippen LogP contribution in [0.4, 0.5) is 0 Å². The number of aliphatic hydroxyl groups is 1. The zero-order valence-corrected chi connectivity index (χ0v) is 10.00. The first-order chi connectivity index (χ1) is 7.65. The van der Waals surface area contributed by atoms with Gasteiger partial charge in [-0.3, -0.25) is 4.79 Å². The van der Waals surface area contributed by atoms with Gasteiger partial charge in [0.15, 0.2) is 0 Å². The Hall–Kier alpha value is -1.06. The number of carbonyl (C=O) groups is 1. The van der Waals surface area contributed by atoms with E-state index in [2.05, 4.69) is 5.32 Å². The standard InChI is InChI=1S/C12H16ClNO2/c1-2-11(8-15)14-12(16)7-9-3-5-10(13)6-4-9/h3-6,11,15H,2,7-8H2,1H3,(H,14,16)/t11-/m0/s1. The lowest BCUT2D eigenvalue weighted by atomic mass is 10.1. The highest BCUT2D eigenvalue weighted by Crippen LogP contribution is 2.09. The van der Waals surface area contributed by atoms with Crippen molar-refractivity contribution in [1.82, 2.24) is 5.32 Å². The first kappa shape index (κ1) is 13.0. The molecule has 0 fully saturated rings. The van der Waals surface area contributed by atoms with Crippen LogP contribution >= 0.6 is 11.6 Å². The number of benzene rings is 1. The molecule has 0 unspecified atom stereocenters. The molecule has 0 heterocycles. The minimum Gasteiger partial charge on any atom is -0.394 e. The molecule has 1 amide bonds. The molecule has 0 saturated carbocycles. The van der Waals surface area contributed by atoms with E-state index in [1.165, 1.54) is 0 Å². The number of hydrogen-bond donors (Lipinski definition) is 2. The van der Waals surface area contributed by atoms with Crippen molar-refractivity contribution in [3.63, 3.8) is 0 Å². The van der Waals surface area contributed by atoms with Crippen LogP contribution in [0.1, 0.15) is 18.9 Å². The molecule has 0 radical (unpaired) electrons. The third-order valence-electron chi connectivity index (χ3n) is 2.36. The van der Waals surface area contributed by atoms with Gasteiger partial charge in [0.1, 0.15) is 0 Å². The average Bonchev–Trinajstić information content (AvgIpc) is 2.29. The number of aliphatic hydroxyl groups excluding tert-OH is 1. The van der Waals surface area contributed by atoms with Gasteiger partial charge in [0.2, 0.25) is 5.91 Å². The summed E-state index contributed by atoms with van der Waals surface area (Å²) in [6, 6.07) is 7.00. The molecule has 0 bridgehead atoms. The molecule has 1 aromatic rings. The van der Waals surface area contributed by atoms with Crippen LogP contribution in [0.25, 0.3) is 0 Å². The first-order valence-corrected chi connectivity index (χ1v) is 5.68. The molecule has 1 rings (SSSR count). The van der Waals surface area contributed by atoms with E-state index in [4.69, 9.17) is 16.7 Å². The van der Waals surface area contributed by atoms with Gasteiger partial charge in [0, 0.05) is 5.02 Å². The normalized spacial score (nSPS) is 12.2. The van der Waals surface area contributed by atoms with Gasteiger partial charge in [0.05, 0.1) is 19.1 Å². The lowest BCUT2D eigenvalue weighted by Crippen LogP contribution is -2.37. The lowest BCUT2D eigenvalue weighted by molar-refractivity contribution is -0.121. The molecular weight excluding hydrogens is 226 g/mol. The van der Waals surface area contributed by atoms with Crippen LogP contribution in [0.2, 0.25) is 5.02 Å². The first-order valence-electron chi connectivity index (χ1n) is 5.30. The molecule has 1 atom stereocenters. The maximum atomic E-state index is 11.6. The Labute approximate surface area is 100 Å². The van der Waals surface area contributed by atoms with Crippen LogP contribution in [-0.4, -0.2) is 23.7 Å². The van der Waals surface area contributed by atoms with Crippen molar-refractivity contribution in [2.24, 2.45) is 0 Å². The molecule has 0 spiro atoms. The van der Waals surface area contributed by atoms with Crippen molar-refractivity contribution in [2.45, 2.75) is 25.8 Å². The van der Waals surface area contributed by atoms with E-state index >= 15 is 0 Å². The SMILES string of the molecule is CC[C@@H](CO)NC(=O)Cc1ccc(Cl)cc1. The van der Waals surface area contributed by atoms with E-state index in [0.29, 0.717) is 11.4 Å². The van der Waals surface area contributed by atoms with E-state index in [-0.39, 0.29) is 18.6 Å². The van der Waals surface area contributed by atoms with E-state index in [1.807, 2.05) is 19.1 Å². The van der Waals surface area contributed by atoms with Crippen molar-refractivity contribution in [3.8, 4) is 0 Å². The molecule has 0 aliphatic rings. The third kappa shape index (κ3) is 4.21. The second-order valence-corrected chi connectivity index (χ2v) is 4.09. The lowest BCUT2D eigenvalue weighted by Gasteiger charge is -2.13. The maximum absolute atomic E-state index is 11.6. The predicted octanol–water partition coefficient (Wildman–Crippen LogP) is 1.77. The van der Waals surface area contributed by atoms with Gasteiger partial charge in [-0.2, -0.15) is 0 Å². The van der Waals surface area contributed by atoms with Crippen molar-refractivity contribution in [3.05, 3.63) is 34.9 Å². The summed E-state index contributed by atoms with van der Waals surface area (Å²) < 4.78 is 0. The van der Waals surface area contributed by atoms with Crippen LogP contribution in [0.15, 0.2) is 24.3 Å². The van der Waals surface area contributed by atoms with Gasteiger partial charge < -0.3 is 10.4 Å². The molecule has 0 aliphatic heterocycles. The highest BCUT2D eigenvalue weighted by Gasteiger charge is 2.09. The second-order valence-electron chi connectivity index (χ2n) is 3.66. The Morgan fingerprint density at radius 3 is 2.56 bits per heavy atom. The van der Waals surface area contributed by atoms with E-state index in [1.54, 1.807) is 12.1 Å². The number of hydrogen-bond acceptors (Lipinski definition) is 2. The zero-order chi connectivity index (χ0) is 12.0. The summed E-state index contributed by atoms with van der Waals surface area (Å²) in [7, 11) is 0. The fraction of sp³-hybridized carbons (Fsp3) is 0.417. The zero-order valence-electron chi connectivity index (χ0n) is 9.24. The predicted molar refractivity (Wildman–Crippen MR) is 64.5 cm³/mol. The molecule has 0 saturated heterocycles. The summed E-state index contributed by atoms with van der Waals surface area (Å²) in [5.74, 6) is -0.0803. The van der Waals surface area contributed by atoms with Crippen molar-refractivity contribution in [1.29, 1.82) is 0 Å². The van der Waals surface area contributed by atoms with Crippen molar-refractivity contribution < 1.29 is 9.90 Å². The highest BCUT2D eigenvalue weighted by atomic mass is 35.5. The van der Waals surface area contributed by atoms with Crippen molar-refractivity contribution in [2.75, 3.05) is 6.61 Å². The number of amides is 1. The van der Waals surface area contributed by atoms with Gasteiger partial charge in [0.25, 0.3) is 0 Å². The molecule has 4 heteroatoms. The van der Waals surface area contributed by atoms with Crippen LogP contribution < -0.4 is 5.32 Å². The summed E-state index contributed by atoms with van der Waals surface area (Å²) >= 11 is 5.74. The smallest absolute Gasteiger partial charge is 0.224 e. The van der Waals surface area contributed by atoms with Crippen LogP contribution in [0, 0.1) is 0 Å². The minimum absolute atomic E-state index is 0.0249. The maximum Gasteiger partial charge on any atom is 0.224 e. The Bertz CT molecular complexity index is 333. The number of rotatable bonds is 5. The Kier molecular flexibility index (Phi) is 5.29. The molecule has 88 valence electrons. The summed E-state index contributed by atoms with van der Waals surface area (Å²) in [5.41, 5.74) is 0.912. The molecule has 16 heavy (non-hydrogen) atoms. The fourth-order valence-electron chi connectivity index (χ4n) is 1.34. The largest absolute Gasteiger partial charge is 0.394 e. The summed E-state index contributed by atoms with van der Waals surface area (Å²) in [5, 5.41) is 12.4. The van der Waals surface area contributed by atoms with E-state index < -0.39 is 0 Å². The highest BCUT2D eigenvalue weighted by molar-refractivity contribution is 6.30. The molecule has 2 N–H and O–H groups in total. The minimum atomic E-state index is -0.153. The number of nitrogens with one attached hydrogen (secondary N) is 1. The molecule has 3 nitrogen and oxygen atoms in total. The monoisotopic (exact) mass is 241 g/mol. The summed E-state index contributed by atoms with van der Waals surface area (Å²) in [4.78, 5) is 11.6. The number of carbonyl (C=O) groups excluding carboxylic acids is 1. The topological polar surface area (TPSA) is 49.3 Å². The van der Waals surface area contributed by atoms with E-state index in [9.17, 15) is 4.79 Å².